The van der Waals surface area contributed by atoms with Crippen LogP contribution in [0.3, 0.4) is 0 Å². The van der Waals surface area contributed by atoms with E-state index in [1.54, 1.807) is 12.3 Å². The van der Waals surface area contributed by atoms with Crippen LogP contribution in [-0.2, 0) is 13.5 Å². The summed E-state index contributed by atoms with van der Waals surface area (Å²) in [7, 11) is 1.90. The van der Waals surface area contributed by atoms with E-state index in [0.29, 0.717) is 11.4 Å². The maximum atomic E-state index is 10.1. The van der Waals surface area contributed by atoms with E-state index in [4.69, 9.17) is 11.6 Å². The molecular formula is C13H15ClN2O. The van der Waals surface area contributed by atoms with Crippen molar-refractivity contribution in [3.63, 3.8) is 0 Å². The number of aliphatic hydroxyl groups is 1. The first-order valence-electron chi connectivity index (χ1n) is 5.58. The summed E-state index contributed by atoms with van der Waals surface area (Å²) in [5.41, 5.74) is 1.90. The van der Waals surface area contributed by atoms with Crippen LogP contribution >= 0.6 is 11.6 Å². The summed E-state index contributed by atoms with van der Waals surface area (Å²) in [5.74, 6) is 0. The molecule has 90 valence electrons. The Hall–Kier alpha value is -1.32. The Morgan fingerprint density at radius 3 is 2.76 bits per heavy atom. The number of hydrogen-bond acceptors (Lipinski definition) is 2. The monoisotopic (exact) mass is 250 g/mol. The molecule has 0 aliphatic heterocycles. The molecule has 0 amide bonds. The van der Waals surface area contributed by atoms with Crippen LogP contribution in [0.4, 0.5) is 0 Å². The third-order valence-electron chi connectivity index (χ3n) is 2.86. The molecule has 0 radical (unpaired) electrons. The van der Waals surface area contributed by atoms with Crippen LogP contribution in [0.25, 0.3) is 0 Å². The Kier molecular flexibility index (Phi) is 3.82. The van der Waals surface area contributed by atoms with E-state index in [1.807, 2.05) is 36.0 Å². The minimum atomic E-state index is -0.529. The number of benzene rings is 1. The Balaban J connectivity index is 2.01. The molecule has 4 heteroatoms. The molecule has 1 N–H and O–H groups in total. The van der Waals surface area contributed by atoms with Crippen LogP contribution in [0.1, 0.15) is 23.8 Å². The van der Waals surface area contributed by atoms with Crippen LogP contribution in [0.15, 0.2) is 36.5 Å². The van der Waals surface area contributed by atoms with Crippen molar-refractivity contribution in [1.29, 1.82) is 0 Å². The molecule has 0 aliphatic rings. The van der Waals surface area contributed by atoms with Gasteiger partial charge < -0.3 is 5.11 Å². The number of hydrogen-bond donors (Lipinski definition) is 1. The van der Waals surface area contributed by atoms with Crippen molar-refractivity contribution in [2.75, 3.05) is 0 Å². The van der Waals surface area contributed by atoms with Crippen molar-refractivity contribution in [3.05, 3.63) is 52.8 Å². The van der Waals surface area contributed by atoms with Gasteiger partial charge in [0.25, 0.3) is 0 Å². The summed E-state index contributed by atoms with van der Waals surface area (Å²) >= 11 is 6.03. The Labute approximate surface area is 106 Å². The van der Waals surface area contributed by atoms with Crippen molar-refractivity contribution in [2.45, 2.75) is 18.9 Å². The second-order valence-corrected chi connectivity index (χ2v) is 4.43. The van der Waals surface area contributed by atoms with Gasteiger partial charge in [0.15, 0.2) is 0 Å². The Morgan fingerprint density at radius 1 is 1.35 bits per heavy atom. The molecule has 0 aliphatic carbocycles. The van der Waals surface area contributed by atoms with Gasteiger partial charge in [0, 0.05) is 24.0 Å². The fraction of sp³-hybridized carbons (Fsp3) is 0.308. The molecular weight excluding hydrogens is 236 g/mol. The van der Waals surface area contributed by atoms with Gasteiger partial charge >= 0.3 is 0 Å². The van der Waals surface area contributed by atoms with Gasteiger partial charge in [0.1, 0.15) is 0 Å². The van der Waals surface area contributed by atoms with Gasteiger partial charge in [-0.2, -0.15) is 5.10 Å². The average Bonchev–Trinajstić information content (AvgIpc) is 2.72. The SMILES string of the molecule is Cn1nccc1CCC(O)c1ccccc1Cl. The van der Waals surface area contributed by atoms with Gasteiger partial charge in [-0.15, -0.1) is 0 Å². The van der Waals surface area contributed by atoms with Gasteiger partial charge in [-0.25, -0.2) is 0 Å². The predicted octanol–water partition coefficient (Wildman–Crippen LogP) is 2.74. The zero-order valence-electron chi connectivity index (χ0n) is 9.68. The standard InChI is InChI=1S/C13H15ClN2O/c1-16-10(8-9-15-16)6-7-13(17)11-4-2-3-5-12(11)14/h2-5,8-9,13,17H,6-7H2,1H3. The molecule has 1 aromatic carbocycles. The highest BCUT2D eigenvalue weighted by molar-refractivity contribution is 6.31. The number of aromatic nitrogens is 2. The average molecular weight is 251 g/mol. The molecule has 17 heavy (non-hydrogen) atoms. The van der Waals surface area contributed by atoms with Crippen LogP contribution < -0.4 is 0 Å². The summed E-state index contributed by atoms with van der Waals surface area (Å²) in [6, 6.07) is 9.36. The summed E-state index contributed by atoms with van der Waals surface area (Å²) in [6.07, 6.45) is 2.65. The lowest BCUT2D eigenvalue weighted by Crippen LogP contribution is -2.04. The molecule has 1 unspecified atom stereocenters. The van der Waals surface area contributed by atoms with Crippen LogP contribution in [-0.4, -0.2) is 14.9 Å². The van der Waals surface area contributed by atoms with Gasteiger partial charge in [0.05, 0.1) is 6.10 Å². The van der Waals surface area contributed by atoms with E-state index in [1.165, 1.54) is 0 Å². The summed E-state index contributed by atoms with van der Waals surface area (Å²) in [5, 5.41) is 14.8. The minimum absolute atomic E-state index is 0.529. The first-order chi connectivity index (χ1) is 8.18. The molecule has 2 aromatic rings. The third-order valence-corrected chi connectivity index (χ3v) is 3.20. The minimum Gasteiger partial charge on any atom is -0.388 e. The molecule has 2 rings (SSSR count). The van der Waals surface area contributed by atoms with E-state index < -0.39 is 6.10 Å². The second kappa shape index (κ2) is 5.34. The van der Waals surface area contributed by atoms with Gasteiger partial charge in [-0.05, 0) is 30.5 Å². The molecule has 0 spiro atoms. The van der Waals surface area contributed by atoms with Crippen molar-refractivity contribution in [3.8, 4) is 0 Å². The van der Waals surface area contributed by atoms with E-state index in [-0.39, 0.29) is 0 Å². The van der Waals surface area contributed by atoms with Crippen molar-refractivity contribution in [1.82, 2.24) is 9.78 Å². The van der Waals surface area contributed by atoms with Crippen molar-refractivity contribution >= 4 is 11.6 Å². The lowest BCUT2D eigenvalue weighted by atomic mass is 10.0. The van der Waals surface area contributed by atoms with Gasteiger partial charge in [0.2, 0.25) is 0 Å². The van der Waals surface area contributed by atoms with Crippen LogP contribution in [0.2, 0.25) is 5.02 Å². The molecule has 1 atom stereocenters. The van der Waals surface area contributed by atoms with Crippen molar-refractivity contribution < 1.29 is 5.11 Å². The maximum Gasteiger partial charge on any atom is 0.0808 e. The van der Waals surface area contributed by atoms with E-state index in [2.05, 4.69) is 5.10 Å². The number of nitrogens with zero attached hydrogens (tertiary/aromatic N) is 2. The van der Waals surface area contributed by atoms with Crippen molar-refractivity contribution in [2.24, 2.45) is 7.05 Å². The van der Waals surface area contributed by atoms with Gasteiger partial charge in [-0.3, -0.25) is 4.68 Å². The molecule has 0 fully saturated rings. The zero-order chi connectivity index (χ0) is 12.3. The highest BCUT2D eigenvalue weighted by Crippen LogP contribution is 2.25. The molecule has 3 nitrogen and oxygen atoms in total. The number of aryl methyl sites for hydroxylation is 2. The first-order valence-corrected chi connectivity index (χ1v) is 5.95. The second-order valence-electron chi connectivity index (χ2n) is 4.02. The Morgan fingerprint density at radius 2 is 2.12 bits per heavy atom. The summed E-state index contributed by atoms with van der Waals surface area (Å²) < 4.78 is 1.82. The molecule has 0 bridgehead atoms. The molecule has 0 saturated carbocycles. The fourth-order valence-electron chi connectivity index (χ4n) is 1.83. The van der Waals surface area contributed by atoms with E-state index in [0.717, 1.165) is 17.7 Å². The summed E-state index contributed by atoms with van der Waals surface area (Å²) in [4.78, 5) is 0. The normalized spacial score (nSPS) is 12.6. The fourth-order valence-corrected chi connectivity index (χ4v) is 2.09. The highest BCUT2D eigenvalue weighted by atomic mass is 35.5. The number of halogens is 1. The molecule has 0 saturated heterocycles. The zero-order valence-corrected chi connectivity index (χ0v) is 10.4. The molecule has 1 aromatic heterocycles. The maximum absolute atomic E-state index is 10.1. The Bertz CT molecular complexity index is 496. The highest BCUT2D eigenvalue weighted by Gasteiger charge is 2.11. The largest absolute Gasteiger partial charge is 0.388 e. The number of rotatable bonds is 4. The topological polar surface area (TPSA) is 38.0 Å². The summed E-state index contributed by atoms with van der Waals surface area (Å²) in [6.45, 7) is 0. The third kappa shape index (κ3) is 2.87. The van der Waals surface area contributed by atoms with Gasteiger partial charge in [-0.1, -0.05) is 29.8 Å². The lowest BCUT2D eigenvalue weighted by molar-refractivity contribution is 0.167. The van der Waals surface area contributed by atoms with Crippen LogP contribution in [0, 0.1) is 0 Å². The van der Waals surface area contributed by atoms with E-state index in [9.17, 15) is 5.11 Å². The first kappa shape index (κ1) is 12.1. The quantitative estimate of drug-likeness (QED) is 0.906. The predicted molar refractivity (Wildman–Crippen MR) is 67.9 cm³/mol. The molecule has 1 heterocycles. The number of aliphatic hydroxyl groups excluding tert-OH is 1. The van der Waals surface area contributed by atoms with E-state index >= 15 is 0 Å². The lowest BCUT2D eigenvalue weighted by Gasteiger charge is -2.12. The smallest absolute Gasteiger partial charge is 0.0808 e. The van der Waals surface area contributed by atoms with Crippen LogP contribution in [0.5, 0.6) is 0 Å².